The Morgan fingerprint density at radius 1 is 1.00 bits per heavy atom. The van der Waals surface area contributed by atoms with Gasteiger partial charge in [0.2, 0.25) is 5.95 Å². The van der Waals surface area contributed by atoms with Crippen LogP contribution in [0.4, 0.5) is 13.2 Å². The Hall–Kier alpha value is -1.91. The first-order valence-electron chi connectivity index (χ1n) is 4.01. The number of benzene rings is 1. The second kappa shape index (κ2) is 3.68. The average Bonchev–Trinajstić information content (AvgIpc) is 2.16. The summed E-state index contributed by atoms with van der Waals surface area (Å²) < 4.78 is 38.2. The van der Waals surface area contributed by atoms with Crippen LogP contribution in [0.25, 0.3) is 11.3 Å². The summed E-state index contributed by atoms with van der Waals surface area (Å²) in [4.78, 5) is 6.98. The molecule has 0 N–H and O–H groups in total. The molecule has 1 heterocycles. The molecule has 2 nitrogen and oxygen atoms in total. The lowest BCUT2D eigenvalue weighted by molar-refractivity contribution is 0.574. The molecule has 1 radical (unpaired) electrons. The first-order chi connectivity index (χ1) is 7.15. The van der Waals surface area contributed by atoms with E-state index in [4.69, 9.17) is 0 Å². The quantitative estimate of drug-likeness (QED) is 0.720. The van der Waals surface area contributed by atoms with Crippen molar-refractivity contribution < 1.29 is 13.2 Å². The van der Waals surface area contributed by atoms with Crippen molar-refractivity contribution in [2.45, 2.75) is 0 Å². The van der Waals surface area contributed by atoms with Crippen LogP contribution in [-0.4, -0.2) is 9.97 Å². The number of hydrogen-bond donors (Lipinski definition) is 0. The lowest BCUT2D eigenvalue weighted by Crippen LogP contribution is -1.91. The number of hydrogen-bond acceptors (Lipinski definition) is 2. The fourth-order valence-electron chi connectivity index (χ4n) is 1.13. The van der Waals surface area contributed by atoms with E-state index in [2.05, 4.69) is 9.97 Å². The predicted octanol–water partition coefficient (Wildman–Crippen LogP) is 2.36. The van der Waals surface area contributed by atoms with Gasteiger partial charge in [-0.05, 0) is 12.1 Å². The molecule has 0 aliphatic carbocycles. The fourth-order valence-corrected chi connectivity index (χ4v) is 1.13. The largest absolute Gasteiger partial charge is 0.258 e. The molecule has 0 atom stereocenters. The Morgan fingerprint density at radius 3 is 2.27 bits per heavy atom. The van der Waals surface area contributed by atoms with Gasteiger partial charge in [-0.15, -0.1) is 0 Å². The van der Waals surface area contributed by atoms with Gasteiger partial charge in [0.05, 0.1) is 24.2 Å². The summed E-state index contributed by atoms with van der Waals surface area (Å²) >= 11 is 0. The average molecular weight is 209 g/mol. The summed E-state index contributed by atoms with van der Waals surface area (Å²) in [6.45, 7) is 0. The Bertz CT molecular complexity index is 480. The monoisotopic (exact) mass is 209 g/mol. The zero-order valence-corrected chi connectivity index (χ0v) is 7.34. The van der Waals surface area contributed by atoms with E-state index in [1.807, 2.05) is 6.07 Å². The molecule has 0 amide bonds. The van der Waals surface area contributed by atoms with Crippen molar-refractivity contribution in [1.29, 1.82) is 0 Å². The first kappa shape index (κ1) is 9.64. The molecule has 5 heteroatoms. The molecule has 0 spiro atoms. The topological polar surface area (TPSA) is 25.8 Å². The molecule has 1 aromatic carbocycles. The number of halogens is 3. The van der Waals surface area contributed by atoms with E-state index in [0.717, 1.165) is 18.3 Å². The number of rotatable bonds is 1. The zero-order valence-electron chi connectivity index (χ0n) is 7.34. The Labute approximate surface area is 83.4 Å². The molecule has 2 aromatic rings. The SMILES string of the molecule is Fc1[c]c(F)cc(-c2cncc(F)n2)c1. The molecule has 15 heavy (non-hydrogen) atoms. The third-order valence-corrected chi connectivity index (χ3v) is 1.70. The second-order valence-corrected chi connectivity index (χ2v) is 2.79. The second-order valence-electron chi connectivity index (χ2n) is 2.79. The minimum Gasteiger partial charge on any atom is -0.258 e. The zero-order chi connectivity index (χ0) is 10.8. The number of aromatic nitrogens is 2. The van der Waals surface area contributed by atoms with E-state index < -0.39 is 17.6 Å². The molecule has 0 fully saturated rings. The minimum absolute atomic E-state index is 0.0711. The van der Waals surface area contributed by atoms with Gasteiger partial charge in [-0.1, -0.05) is 0 Å². The Balaban J connectivity index is 2.54. The maximum Gasteiger partial charge on any atom is 0.231 e. The van der Waals surface area contributed by atoms with Crippen LogP contribution in [0.15, 0.2) is 24.5 Å². The van der Waals surface area contributed by atoms with Crippen LogP contribution >= 0.6 is 0 Å². The van der Waals surface area contributed by atoms with Crippen molar-refractivity contribution in [3.8, 4) is 11.3 Å². The van der Waals surface area contributed by atoms with E-state index in [-0.39, 0.29) is 11.3 Å². The maximum atomic E-state index is 12.8. The molecular formula is C10H4F3N2. The predicted molar refractivity (Wildman–Crippen MR) is 46.2 cm³/mol. The molecule has 0 saturated heterocycles. The smallest absolute Gasteiger partial charge is 0.231 e. The van der Waals surface area contributed by atoms with Gasteiger partial charge in [0.25, 0.3) is 0 Å². The molecule has 75 valence electrons. The summed E-state index contributed by atoms with van der Waals surface area (Å²) in [5.74, 6) is -2.53. The van der Waals surface area contributed by atoms with Crippen LogP contribution in [0.3, 0.4) is 0 Å². The lowest BCUT2D eigenvalue weighted by atomic mass is 10.1. The van der Waals surface area contributed by atoms with E-state index in [1.165, 1.54) is 6.20 Å². The third kappa shape index (κ3) is 2.12. The maximum absolute atomic E-state index is 12.8. The highest BCUT2D eigenvalue weighted by molar-refractivity contribution is 5.57. The van der Waals surface area contributed by atoms with E-state index in [1.54, 1.807) is 0 Å². The van der Waals surface area contributed by atoms with E-state index in [9.17, 15) is 13.2 Å². The van der Waals surface area contributed by atoms with Crippen molar-refractivity contribution >= 4 is 0 Å². The van der Waals surface area contributed by atoms with Crippen LogP contribution in [0, 0.1) is 23.6 Å². The summed E-state index contributed by atoms with van der Waals surface area (Å²) in [5.41, 5.74) is 0.192. The van der Waals surface area contributed by atoms with Gasteiger partial charge in [0.15, 0.2) is 0 Å². The van der Waals surface area contributed by atoms with Gasteiger partial charge in [-0.25, -0.2) is 13.8 Å². The van der Waals surface area contributed by atoms with Gasteiger partial charge >= 0.3 is 0 Å². The summed E-state index contributed by atoms with van der Waals surface area (Å²) in [6, 6.07) is 3.83. The molecular weight excluding hydrogens is 205 g/mol. The van der Waals surface area contributed by atoms with Gasteiger partial charge in [0.1, 0.15) is 11.6 Å². The molecule has 2 rings (SSSR count). The normalized spacial score (nSPS) is 10.3. The summed E-state index contributed by atoms with van der Waals surface area (Å²) in [5, 5.41) is 0. The van der Waals surface area contributed by atoms with Gasteiger partial charge < -0.3 is 0 Å². The third-order valence-electron chi connectivity index (χ3n) is 1.70. The first-order valence-corrected chi connectivity index (χ1v) is 4.01. The molecule has 0 unspecified atom stereocenters. The fraction of sp³-hybridized carbons (Fsp3) is 0. The highest BCUT2D eigenvalue weighted by Gasteiger charge is 2.06. The number of nitrogens with zero attached hydrogens (tertiary/aromatic N) is 2. The Kier molecular flexibility index (Phi) is 2.37. The molecule has 0 saturated carbocycles. The molecule has 0 aliphatic rings. The van der Waals surface area contributed by atoms with Crippen molar-refractivity contribution in [3.63, 3.8) is 0 Å². The van der Waals surface area contributed by atoms with Gasteiger partial charge in [-0.3, -0.25) is 4.98 Å². The van der Waals surface area contributed by atoms with Crippen molar-refractivity contribution in [2.24, 2.45) is 0 Å². The van der Waals surface area contributed by atoms with Crippen molar-refractivity contribution in [2.75, 3.05) is 0 Å². The molecule has 1 aromatic heterocycles. The minimum atomic E-state index is -0.865. The summed E-state index contributed by atoms with van der Waals surface area (Å²) in [6.07, 6.45) is 2.13. The van der Waals surface area contributed by atoms with E-state index in [0.29, 0.717) is 0 Å². The highest BCUT2D eigenvalue weighted by Crippen LogP contribution is 2.18. The van der Waals surface area contributed by atoms with Crippen LogP contribution in [-0.2, 0) is 0 Å². The Morgan fingerprint density at radius 2 is 1.67 bits per heavy atom. The molecule has 0 aliphatic heterocycles. The van der Waals surface area contributed by atoms with Crippen LogP contribution in [0.1, 0.15) is 0 Å². The van der Waals surface area contributed by atoms with Crippen molar-refractivity contribution in [1.82, 2.24) is 9.97 Å². The van der Waals surface area contributed by atoms with Crippen LogP contribution < -0.4 is 0 Å². The van der Waals surface area contributed by atoms with Gasteiger partial charge in [-0.2, -0.15) is 4.39 Å². The van der Waals surface area contributed by atoms with E-state index >= 15 is 0 Å². The van der Waals surface area contributed by atoms with Gasteiger partial charge in [0, 0.05) is 5.56 Å². The van der Waals surface area contributed by atoms with Crippen LogP contribution in [0.5, 0.6) is 0 Å². The highest BCUT2D eigenvalue weighted by atomic mass is 19.1. The van der Waals surface area contributed by atoms with Crippen LogP contribution in [0.2, 0.25) is 0 Å². The summed E-state index contributed by atoms with van der Waals surface area (Å²) in [7, 11) is 0. The molecule has 0 bridgehead atoms. The van der Waals surface area contributed by atoms with Crippen molar-refractivity contribution in [3.05, 3.63) is 48.2 Å². The standard InChI is InChI=1S/C10H4F3N2/c11-7-1-6(2-8(12)3-7)9-4-14-5-10(13)15-9/h1-2,4-5H. The lowest BCUT2D eigenvalue weighted by Gasteiger charge is -2.00.